The molecule has 0 saturated heterocycles. The number of thioether (sulfide) groups is 1. The molecule has 3 heteroatoms. The van der Waals surface area contributed by atoms with Crippen molar-refractivity contribution in [2.45, 2.75) is 44.8 Å². The summed E-state index contributed by atoms with van der Waals surface area (Å²) in [6.07, 6.45) is 5.17. The summed E-state index contributed by atoms with van der Waals surface area (Å²) in [6.45, 7) is 4.86. The second-order valence-corrected chi connectivity index (χ2v) is 6.85. The molecule has 0 bridgehead atoms. The second kappa shape index (κ2) is 7.72. The van der Waals surface area contributed by atoms with E-state index in [1.807, 2.05) is 43.0 Å². The van der Waals surface area contributed by atoms with Gasteiger partial charge < -0.3 is 4.74 Å². The lowest BCUT2D eigenvalue weighted by Crippen LogP contribution is -2.17. The highest BCUT2D eigenvalue weighted by Crippen LogP contribution is 2.32. The first kappa shape index (κ1) is 15.4. The Balaban J connectivity index is 1.91. The van der Waals surface area contributed by atoms with Gasteiger partial charge in [-0.2, -0.15) is 11.8 Å². The Hall–Kier alpha value is -0.960. The average Bonchev–Trinajstić information content (AvgIpc) is 2.46. The van der Waals surface area contributed by atoms with Crippen LogP contribution < -0.4 is 4.74 Å². The molecule has 0 N–H and O–H groups in total. The molecule has 2 unspecified atom stereocenters. The third-order valence-corrected chi connectivity index (χ3v) is 5.15. The number of carbonyl (C=O) groups excluding carboxylic acids is 1. The van der Waals surface area contributed by atoms with Crippen LogP contribution in [0.1, 0.15) is 49.9 Å². The number of Topliss-reactive ketones (excluding diaryl/α,β-unsaturated/α-hetero) is 1. The summed E-state index contributed by atoms with van der Waals surface area (Å²) in [7, 11) is 0. The first-order valence-electron chi connectivity index (χ1n) is 7.57. The third kappa shape index (κ3) is 4.27. The summed E-state index contributed by atoms with van der Waals surface area (Å²) in [6, 6.07) is 7.57. The van der Waals surface area contributed by atoms with E-state index >= 15 is 0 Å². The van der Waals surface area contributed by atoms with Crippen molar-refractivity contribution < 1.29 is 9.53 Å². The number of ether oxygens (including phenoxy) is 1. The van der Waals surface area contributed by atoms with E-state index in [0.29, 0.717) is 17.6 Å². The van der Waals surface area contributed by atoms with E-state index < -0.39 is 0 Å². The molecule has 1 saturated carbocycles. The second-order valence-electron chi connectivity index (χ2n) is 5.56. The van der Waals surface area contributed by atoms with Crippen LogP contribution in [0.3, 0.4) is 0 Å². The molecule has 0 radical (unpaired) electrons. The van der Waals surface area contributed by atoms with Gasteiger partial charge in [-0.3, -0.25) is 4.79 Å². The van der Waals surface area contributed by atoms with E-state index in [1.54, 1.807) is 0 Å². The summed E-state index contributed by atoms with van der Waals surface area (Å²) in [5.74, 6) is 2.29. The highest BCUT2D eigenvalue weighted by molar-refractivity contribution is 8.00. The Morgan fingerprint density at radius 1 is 1.35 bits per heavy atom. The van der Waals surface area contributed by atoms with Crippen LogP contribution in [0.2, 0.25) is 0 Å². The Morgan fingerprint density at radius 2 is 2.15 bits per heavy atom. The summed E-state index contributed by atoms with van der Waals surface area (Å²) in [5, 5.41) is 0.655. The fourth-order valence-electron chi connectivity index (χ4n) is 2.78. The van der Waals surface area contributed by atoms with Crippen molar-refractivity contribution in [3.63, 3.8) is 0 Å². The summed E-state index contributed by atoms with van der Waals surface area (Å²) < 4.78 is 5.54. The zero-order chi connectivity index (χ0) is 14.4. The lowest BCUT2D eigenvalue weighted by atomic mass is 9.91. The van der Waals surface area contributed by atoms with Gasteiger partial charge in [-0.1, -0.05) is 31.9 Å². The van der Waals surface area contributed by atoms with Crippen molar-refractivity contribution in [3.8, 4) is 5.75 Å². The molecule has 1 aromatic rings. The van der Waals surface area contributed by atoms with Crippen LogP contribution >= 0.6 is 11.8 Å². The third-order valence-electron chi connectivity index (χ3n) is 3.83. The van der Waals surface area contributed by atoms with Gasteiger partial charge in [-0.05, 0) is 37.8 Å². The van der Waals surface area contributed by atoms with Crippen molar-refractivity contribution in [2.24, 2.45) is 5.92 Å². The molecular weight excluding hydrogens is 268 g/mol. The van der Waals surface area contributed by atoms with Crippen molar-refractivity contribution in [2.75, 3.05) is 12.4 Å². The minimum Gasteiger partial charge on any atom is -0.493 e. The maximum absolute atomic E-state index is 12.4. The van der Waals surface area contributed by atoms with E-state index in [-0.39, 0.29) is 5.78 Å². The number of para-hydroxylation sites is 1. The number of hydrogen-bond acceptors (Lipinski definition) is 3. The van der Waals surface area contributed by atoms with Crippen LogP contribution in [-0.4, -0.2) is 23.4 Å². The first-order valence-corrected chi connectivity index (χ1v) is 8.62. The molecule has 0 heterocycles. The zero-order valence-electron chi connectivity index (χ0n) is 12.4. The molecule has 1 aromatic carbocycles. The molecule has 0 spiro atoms. The van der Waals surface area contributed by atoms with Crippen molar-refractivity contribution in [1.29, 1.82) is 0 Å². The average molecular weight is 292 g/mol. The van der Waals surface area contributed by atoms with Crippen LogP contribution in [0.15, 0.2) is 24.3 Å². The van der Waals surface area contributed by atoms with Gasteiger partial charge in [0.25, 0.3) is 0 Å². The maximum Gasteiger partial charge on any atom is 0.176 e. The largest absolute Gasteiger partial charge is 0.493 e. The molecule has 0 amide bonds. The highest BCUT2D eigenvalue weighted by Gasteiger charge is 2.21. The van der Waals surface area contributed by atoms with Gasteiger partial charge in [-0.15, -0.1) is 0 Å². The van der Waals surface area contributed by atoms with E-state index in [9.17, 15) is 4.79 Å². The molecule has 110 valence electrons. The van der Waals surface area contributed by atoms with E-state index in [0.717, 1.165) is 17.2 Å². The van der Waals surface area contributed by atoms with Crippen LogP contribution in [-0.2, 0) is 0 Å². The zero-order valence-corrected chi connectivity index (χ0v) is 13.2. The molecule has 2 atom stereocenters. The van der Waals surface area contributed by atoms with Gasteiger partial charge in [0.1, 0.15) is 5.75 Å². The van der Waals surface area contributed by atoms with E-state index in [1.165, 1.54) is 25.7 Å². The molecule has 0 aliphatic heterocycles. The van der Waals surface area contributed by atoms with Gasteiger partial charge >= 0.3 is 0 Å². The first-order chi connectivity index (χ1) is 9.70. The van der Waals surface area contributed by atoms with Crippen LogP contribution in [0.5, 0.6) is 5.75 Å². The molecular formula is C17H24O2S. The minimum absolute atomic E-state index is 0.192. The van der Waals surface area contributed by atoms with Gasteiger partial charge in [-0.25, -0.2) is 0 Å². The predicted molar refractivity (Wildman–Crippen MR) is 85.8 cm³/mol. The maximum atomic E-state index is 12.4. The highest BCUT2D eigenvalue weighted by atomic mass is 32.2. The number of hydrogen-bond donors (Lipinski definition) is 0. The normalized spacial score (nSPS) is 22.5. The lowest BCUT2D eigenvalue weighted by Gasteiger charge is -2.26. The van der Waals surface area contributed by atoms with E-state index in [4.69, 9.17) is 4.74 Å². The SMILES string of the molecule is CCOc1ccccc1C(=O)CSC1CCCC(C)C1. The smallest absolute Gasteiger partial charge is 0.176 e. The Kier molecular flexibility index (Phi) is 5.96. The molecule has 2 nitrogen and oxygen atoms in total. The molecule has 1 aliphatic rings. The summed E-state index contributed by atoms with van der Waals surface area (Å²) in [4.78, 5) is 12.4. The molecule has 2 rings (SSSR count). The monoisotopic (exact) mass is 292 g/mol. The summed E-state index contributed by atoms with van der Waals surface area (Å²) in [5.41, 5.74) is 0.728. The van der Waals surface area contributed by atoms with Gasteiger partial charge in [0.05, 0.1) is 17.9 Å². The van der Waals surface area contributed by atoms with Gasteiger partial charge in [0.2, 0.25) is 0 Å². The predicted octanol–water partition coefficient (Wildman–Crippen LogP) is 4.58. The minimum atomic E-state index is 0.192. The Morgan fingerprint density at radius 3 is 2.90 bits per heavy atom. The van der Waals surface area contributed by atoms with Crippen molar-refractivity contribution in [3.05, 3.63) is 29.8 Å². The summed E-state index contributed by atoms with van der Waals surface area (Å²) >= 11 is 1.83. The number of carbonyl (C=O) groups is 1. The van der Waals surface area contributed by atoms with Crippen LogP contribution in [0.4, 0.5) is 0 Å². The van der Waals surface area contributed by atoms with Gasteiger partial charge in [0, 0.05) is 5.25 Å². The molecule has 1 fully saturated rings. The van der Waals surface area contributed by atoms with Crippen LogP contribution in [0, 0.1) is 5.92 Å². The number of benzene rings is 1. The quantitative estimate of drug-likeness (QED) is 0.718. The standard InChI is InChI=1S/C17H24O2S/c1-3-19-17-10-5-4-9-15(17)16(18)12-20-14-8-6-7-13(2)11-14/h4-5,9-10,13-14H,3,6-8,11-12H2,1-2H3. The van der Waals surface area contributed by atoms with Crippen molar-refractivity contribution >= 4 is 17.5 Å². The van der Waals surface area contributed by atoms with E-state index in [2.05, 4.69) is 6.92 Å². The number of ketones is 1. The van der Waals surface area contributed by atoms with Crippen molar-refractivity contribution in [1.82, 2.24) is 0 Å². The molecule has 20 heavy (non-hydrogen) atoms. The fourth-order valence-corrected chi connectivity index (χ4v) is 4.12. The van der Waals surface area contributed by atoms with Crippen LogP contribution in [0.25, 0.3) is 0 Å². The molecule has 0 aromatic heterocycles. The Bertz CT molecular complexity index is 444. The fraction of sp³-hybridized carbons (Fsp3) is 0.588. The number of rotatable bonds is 6. The molecule has 1 aliphatic carbocycles. The topological polar surface area (TPSA) is 26.3 Å². The Labute approximate surface area is 126 Å². The van der Waals surface area contributed by atoms with Gasteiger partial charge in [0.15, 0.2) is 5.78 Å². The lowest BCUT2D eigenvalue weighted by molar-refractivity contribution is 0.101.